The Morgan fingerprint density at radius 3 is 2.72 bits per heavy atom. The van der Waals surface area contributed by atoms with E-state index in [0.29, 0.717) is 17.3 Å². The second-order valence-electron chi connectivity index (χ2n) is 5.64. The molecule has 1 N–H and O–H groups in total. The van der Waals surface area contributed by atoms with Crippen LogP contribution in [0.4, 0.5) is 5.95 Å². The quantitative estimate of drug-likeness (QED) is 0.731. The van der Waals surface area contributed by atoms with E-state index < -0.39 is 0 Å². The summed E-state index contributed by atoms with van der Waals surface area (Å²) in [4.78, 5) is 18.0. The Bertz CT molecular complexity index is 945. The van der Waals surface area contributed by atoms with Gasteiger partial charge in [-0.15, -0.1) is 16.4 Å². The molecule has 0 aliphatic carbocycles. The number of carbonyl (C=O) groups excluding carboxylic acids is 1. The molecule has 1 aliphatic heterocycles. The van der Waals surface area contributed by atoms with E-state index in [1.807, 2.05) is 54.8 Å². The minimum absolute atomic E-state index is 0.353. The number of anilines is 1. The van der Waals surface area contributed by atoms with Crippen LogP contribution < -0.4 is 5.32 Å². The number of thiophene rings is 1. The van der Waals surface area contributed by atoms with Gasteiger partial charge >= 0.3 is 5.97 Å². The summed E-state index contributed by atoms with van der Waals surface area (Å²) in [5, 5.41) is 9.83. The molecule has 1 atom stereocenters. The van der Waals surface area contributed by atoms with Crippen LogP contribution in [-0.4, -0.2) is 27.8 Å². The van der Waals surface area contributed by atoms with Crippen molar-refractivity contribution in [3.05, 3.63) is 64.0 Å². The van der Waals surface area contributed by atoms with E-state index in [9.17, 15) is 4.79 Å². The Morgan fingerprint density at radius 1 is 1.24 bits per heavy atom. The van der Waals surface area contributed by atoms with Gasteiger partial charge in [0.25, 0.3) is 0 Å². The summed E-state index contributed by atoms with van der Waals surface area (Å²) in [6, 6.07) is 13.4. The normalized spacial score (nSPS) is 16.3. The number of methoxy groups -OCH3 is 1. The molecule has 1 aromatic carbocycles. The molecule has 25 heavy (non-hydrogen) atoms. The molecule has 0 saturated carbocycles. The third-order valence-electron chi connectivity index (χ3n) is 4.10. The first-order valence-corrected chi connectivity index (χ1v) is 8.68. The van der Waals surface area contributed by atoms with Gasteiger partial charge in [0.15, 0.2) is 5.82 Å². The summed E-state index contributed by atoms with van der Waals surface area (Å²) in [6.07, 6.45) is 0. The lowest BCUT2D eigenvalue weighted by Crippen LogP contribution is -2.28. The average Bonchev–Trinajstić information content (AvgIpc) is 3.30. The van der Waals surface area contributed by atoms with Gasteiger partial charge in [0.1, 0.15) is 6.04 Å². The van der Waals surface area contributed by atoms with E-state index in [2.05, 4.69) is 15.4 Å². The van der Waals surface area contributed by atoms with Gasteiger partial charge in [0.2, 0.25) is 5.95 Å². The molecule has 1 aliphatic rings. The molecule has 6 nitrogen and oxygen atoms in total. The summed E-state index contributed by atoms with van der Waals surface area (Å²) >= 11 is 1.57. The Labute approximate surface area is 148 Å². The molecule has 0 amide bonds. The number of aromatic nitrogens is 3. The summed E-state index contributed by atoms with van der Waals surface area (Å²) < 4.78 is 6.76. The minimum atomic E-state index is -0.370. The standard InChI is InChI=1S/C18H16N4O2S/c1-11-14(17(23)24-2)15(13-9-6-10-25-13)22-18(19-11)20-16(21-22)12-7-4-3-5-8-12/h3-10,15H,1-2H3,(H,19,20,21). The van der Waals surface area contributed by atoms with Crippen molar-refractivity contribution in [2.75, 3.05) is 12.4 Å². The highest BCUT2D eigenvalue weighted by Gasteiger charge is 2.35. The highest BCUT2D eigenvalue weighted by atomic mass is 32.1. The van der Waals surface area contributed by atoms with Crippen molar-refractivity contribution in [1.29, 1.82) is 0 Å². The van der Waals surface area contributed by atoms with Crippen molar-refractivity contribution in [3.63, 3.8) is 0 Å². The first-order chi connectivity index (χ1) is 12.2. The largest absolute Gasteiger partial charge is 0.466 e. The number of hydrogen-bond acceptors (Lipinski definition) is 6. The molecule has 0 bridgehead atoms. The lowest BCUT2D eigenvalue weighted by atomic mass is 10.0. The van der Waals surface area contributed by atoms with E-state index in [4.69, 9.17) is 4.74 Å². The maximum absolute atomic E-state index is 12.4. The second-order valence-corrected chi connectivity index (χ2v) is 6.62. The summed E-state index contributed by atoms with van der Waals surface area (Å²) in [5.41, 5.74) is 2.19. The fourth-order valence-corrected chi connectivity index (χ4v) is 3.76. The van der Waals surface area contributed by atoms with E-state index >= 15 is 0 Å². The molecule has 3 heterocycles. The van der Waals surface area contributed by atoms with Crippen LogP contribution in [0.2, 0.25) is 0 Å². The van der Waals surface area contributed by atoms with Gasteiger partial charge in [0, 0.05) is 16.1 Å². The third kappa shape index (κ3) is 2.62. The fraction of sp³-hybridized carbons (Fsp3) is 0.167. The van der Waals surface area contributed by atoms with E-state index in [0.717, 1.165) is 16.1 Å². The van der Waals surface area contributed by atoms with Crippen LogP contribution in [0.5, 0.6) is 0 Å². The minimum Gasteiger partial charge on any atom is -0.466 e. The lowest BCUT2D eigenvalue weighted by molar-refractivity contribution is -0.136. The van der Waals surface area contributed by atoms with E-state index in [1.165, 1.54) is 7.11 Å². The fourth-order valence-electron chi connectivity index (χ4n) is 2.94. The van der Waals surface area contributed by atoms with E-state index in [1.54, 1.807) is 16.0 Å². The van der Waals surface area contributed by atoms with Crippen LogP contribution in [0.25, 0.3) is 11.4 Å². The highest BCUT2D eigenvalue weighted by Crippen LogP contribution is 2.38. The summed E-state index contributed by atoms with van der Waals surface area (Å²) in [5.74, 6) is 0.858. The molecule has 7 heteroatoms. The smallest absolute Gasteiger partial charge is 0.338 e. The van der Waals surface area contributed by atoms with Gasteiger partial charge < -0.3 is 10.1 Å². The number of allylic oxidation sites excluding steroid dienone is 1. The van der Waals surface area contributed by atoms with Gasteiger partial charge in [-0.25, -0.2) is 9.48 Å². The average molecular weight is 352 g/mol. The van der Waals surface area contributed by atoms with Gasteiger partial charge in [-0.05, 0) is 18.4 Å². The second kappa shape index (κ2) is 6.18. The zero-order valence-electron chi connectivity index (χ0n) is 13.8. The Kier molecular flexibility index (Phi) is 3.85. The predicted molar refractivity (Wildman–Crippen MR) is 96.3 cm³/mol. The SMILES string of the molecule is COC(=O)C1=C(C)Nc2nc(-c3ccccc3)nn2C1c1cccs1. The number of benzene rings is 1. The zero-order chi connectivity index (χ0) is 17.4. The molecule has 0 radical (unpaired) electrons. The molecule has 0 saturated heterocycles. The molecule has 126 valence electrons. The van der Waals surface area contributed by atoms with Crippen molar-refractivity contribution in [2.45, 2.75) is 13.0 Å². The summed E-state index contributed by atoms with van der Waals surface area (Å²) in [6.45, 7) is 1.85. The van der Waals surface area contributed by atoms with Crippen molar-refractivity contribution in [2.24, 2.45) is 0 Å². The molecule has 0 spiro atoms. The van der Waals surface area contributed by atoms with Crippen LogP contribution >= 0.6 is 11.3 Å². The first-order valence-electron chi connectivity index (χ1n) is 7.80. The molecule has 3 aromatic rings. The van der Waals surface area contributed by atoms with Gasteiger partial charge in [-0.1, -0.05) is 36.4 Å². The van der Waals surface area contributed by atoms with Gasteiger partial charge in [-0.2, -0.15) is 4.98 Å². The van der Waals surface area contributed by atoms with Crippen LogP contribution in [0.15, 0.2) is 59.1 Å². The summed E-state index contributed by atoms with van der Waals surface area (Å²) in [7, 11) is 1.39. The lowest BCUT2D eigenvalue weighted by Gasteiger charge is -2.26. The molecular weight excluding hydrogens is 336 g/mol. The maximum atomic E-state index is 12.4. The first kappa shape index (κ1) is 15.6. The number of ether oxygens (including phenoxy) is 1. The number of esters is 1. The number of hydrogen-bond donors (Lipinski definition) is 1. The van der Waals surface area contributed by atoms with Crippen LogP contribution in [-0.2, 0) is 9.53 Å². The number of fused-ring (bicyclic) bond motifs is 1. The van der Waals surface area contributed by atoms with Crippen LogP contribution in [0.3, 0.4) is 0 Å². The predicted octanol–water partition coefficient (Wildman–Crippen LogP) is 3.47. The molecular formula is C18H16N4O2S. The number of carbonyl (C=O) groups is 1. The van der Waals surface area contributed by atoms with Crippen molar-refractivity contribution in [1.82, 2.24) is 14.8 Å². The van der Waals surface area contributed by atoms with Crippen molar-refractivity contribution >= 4 is 23.3 Å². The van der Waals surface area contributed by atoms with Crippen LogP contribution in [0.1, 0.15) is 17.8 Å². The van der Waals surface area contributed by atoms with Crippen molar-refractivity contribution < 1.29 is 9.53 Å². The number of nitrogens with zero attached hydrogens (tertiary/aromatic N) is 3. The monoisotopic (exact) mass is 352 g/mol. The number of rotatable bonds is 3. The van der Waals surface area contributed by atoms with Gasteiger partial charge in [0.05, 0.1) is 12.7 Å². The third-order valence-corrected chi connectivity index (χ3v) is 5.03. The topological polar surface area (TPSA) is 69.0 Å². The molecule has 1 unspecified atom stereocenters. The van der Waals surface area contributed by atoms with Crippen molar-refractivity contribution in [3.8, 4) is 11.4 Å². The Hall–Kier alpha value is -2.93. The Balaban J connectivity index is 1.87. The number of nitrogens with one attached hydrogen (secondary N) is 1. The van der Waals surface area contributed by atoms with Gasteiger partial charge in [-0.3, -0.25) is 0 Å². The molecule has 0 fully saturated rings. The Morgan fingerprint density at radius 2 is 2.04 bits per heavy atom. The molecule has 2 aromatic heterocycles. The highest BCUT2D eigenvalue weighted by molar-refractivity contribution is 7.10. The van der Waals surface area contributed by atoms with E-state index in [-0.39, 0.29) is 12.0 Å². The maximum Gasteiger partial charge on any atom is 0.338 e. The zero-order valence-corrected chi connectivity index (χ0v) is 14.6. The molecule has 4 rings (SSSR count). The van der Waals surface area contributed by atoms with Crippen LogP contribution in [0, 0.1) is 0 Å².